The summed E-state index contributed by atoms with van der Waals surface area (Å²) < 4.78 is 31.9. The van der Waals surface area contributed by atoms with E-state index in [1.807, 2.05) is 6.92 Å². The lowest BCUT2D eigenvalue weighted by atomic mass is 10.1. The van der Waals surface area contributed by atoms with Crippen LogP contribution < -0.4 is 5.73 Å². The van der Waals surface area contributed by atoms with E-state index in [2.05, 4.69) is 20.2 Å². The van der Waals surface area contributed by atoms with E-state index in [9.17, 15) is 4.39 Å². The number of hydrogen-bond acceptors (Lipinski definition) is 5. The van der Waals surface area contributed by atoms with Gasteiger partial charge in [-0.25, -0.2) is 13.3 Å². The maximum absolute atomic E-state index is 15.4. The van der Waals surface area contributed by atoms with E-state index >= 15 is 4.39 Å². The van der Waals surface area contributed by atoms with Crippen LogP contribution in [0.3, 0.4) is 0 Å². The zero-order valence-electron chi connectivity index (χ0n) is 16.4. The van der Waals surface area contributed by atoms with Gasteiger partial charge in [0.2, 0.25) is 5.95 Å². The maximum atomic E-state index is 15.4. The molecule has 1 atom stereocenters. The number of fused-ring (bicyclic) bond motifs is 1. The van der Waals surface area contributed by atoms with Crippen LogP contribution in [0.1, 0.15) is 18.5 Å². The van der Waals surface area contributed by atoms with Crippen molar-refractivity contribution in [2.45, 2.75) is 13.0 Å². The van der Waals surface area contributed by atoms with Crippen molar-refractivity contribution in [2.75, 3.05) is 5.73 Å². The van der Waals surface area contributed by atoms with Gasteiger partial charge in [-0.2, -0.15) is 10.1 Å². The fourth-order valence-corrected chi connectivity index (χ4v) is 3.50. The van der Waals surface area contributed by atoms with Gasteiger partial charge < -0.3 is 5.73 Å². The number of nitrogens with zero attached hydrogens (tertiary/aromatic N) is 6. The first-order valence-electron chi connectivity index (χ1n) is 9.56. The Bertz CT molecular complexity index is 1390. The molecule has 1 aromatic carbocycles. The lowest BCUT2D eigenvalue weighted by Crippen LogP contribution is -2.06. The quantitative estimate of drug-likeness (QED) is 0.475. The minimum Gasteiger partial charge on any atom is -0.366 e. The summed E-state index contributed by atoms with van der Waals surface area (Å²) >= 11 is 0. The summed E-state index contributed by atoms with van der Waals surface area (Å²) in [5.74, 6) is -0.620. The molecule has 2 N–H and O–H groups in total. The van der Waals surface area contributed by atoms with E-state index in [4.69, 9.17) is 5.73 Å². The van der Waals surface area contributed by atoms with Gasteiger partial charge in [0.25, 0.3) is 0 Å². The highest BCUT2D eigenvalue weighted by Gasteiger charge is 2.17. The van der Waals surface area contributed by atoms with Crippen molar-refractivity contribution in [3.63, 3.8) is 0 Å². The molecule has 0 radical (unpaired) electrons. The second-order valence-electron chi connectivity index (χ2n) is 7.15. The smallest absolute Gasteiger partial charge is 0.240 e. The summed E-state index contributed by atoms with van der Waals surface area (Å²) in [4.78, 5) is 8.33. The molecule has 9 heteroatoms. The number of pyridine rings is 2. The van der Waals surface area contributed by atoms with Crippen LogP contribution in [0.25, 0.3) is 28.0 Å². The lowest BCUT2D eigenvalue weighted by molar-refractivity contribution is 0.561. The summed E-state index contributed by atoms with van der Waals surface area (Å²) in [5, 5.41) is 8.40. The molecular weight excluding hydrogens is 400 g/mol. The first-order chi connectivity index (χ1) is 15.0. The van der Waals surface area contributed by atoms with Gasteiger partial charge in [-0.1, -0.05) is 12.1 Å². The predicted octanol–water partition coefficient (Wildman–Crippen LogP) is 4.12. The van der Waals surface area contributed by atoms with Crippen molar-refractivity contribution in [3.05, 3.63) is 84.4 Å². The molecule has 154 valence electrons. The Labute approximate surface area is 175 Å². The van der Waals surface area contributed by atoms with E-state index < -0.39 is 5.82 Å². The number of aromatic nitrogens is 6. The summed E-state index contributed by atoms with van der Waals surface area (Å²) in [6.07, 6.45) is 6.57. The number of benzene rings is 1. The molecule has 5 aromatic rings. The third-order valence-electron chi connectivity index (χ3n) is 5.18. The summed E-state index contributed by atoms with van der Waals surface area (Å²) in [5.41, 5.74) is 8.77. The monoisotopic (exact) mass is 417 g/mol. The Hall–Kier alpha value is -4.14. The van der Waals surface area contributed by atoms with Crippen molar-refractivity contribution >= 4 is 11.6 Å². The second-order valence-corrected chi connectivity index (χ2v) is 7.15. The molecular formula is C22H17F2N7. The average molecular weight is 417 g/mol. The van der Waals surface area contributed by atoms with Gasteiger partial charge in [0.05, 0.1) is 12.2 Å². The molecule has 5 rings (SSSR count). The van der Waals surface area contributed by atoms with E-state index in [1.165, 1.54) is 16.6 Å². The minimum atomic E-state index is -0.465. The van der Waals surface area contributed by atoms with E-state index in [-0.39, 0.29) is 23.5 Å². The first kappa shape index (κ1) is 18.9. The van der Waals surface area contributed by atoms with E-state index in [0.29, 0.717) is 22.3 Å². The van der Waals surface area contributed by atoms with Crippen LogP contribution >= 0.6 is 0 Å². The molecule has 0 aliphatic rings. The highest BCUT2D eigenvalue weighted by molar-refractivity contribution is 5.72. The minimum absolute atomic E-state index is 0.139. The van der Waals surface area contributed by atoms with Crippen LogP contribution in [0.4, 0.5) is 14.7 Å². The molecule has 4 heterocycles. The van der Waals surface area contributed by atoms with Crippen molar-refractivity contribution in [2.24, 2.45) is 0 Å². The maximum Gasteiger partial charge on any atom is 0.240 e. The molecule has 0 saturated carbocycles. The molecule has 0 aliphatic carbocycles. The van der Waals surface area contributed by atoms with Crippen LogP contribution in [0.2, 0.25) is 0 Å². The highest BCUT2D eigenvalue weighted by Crippen LogP contribution is 2.30. The van der Waals surface area contributed by atoms with Crippen molar-refractivity contribution < 1.29 is 8.78 Å². The molecule has 0 amide bonds. The van der Waals surface area contributed by atoms with Crippen LogP contribution in [0, 0.1) is 11.6 Å². The second kappa shape index (κ2) is 7.28. The summed E-state index contributed by atoms with van der Waals surface area (Å²) in [6, 6.07) is 11.1. The van der Waals surface area contributed by atoms with Crippen LogP contribution in [-0.2, 0) is 0 Å². The molecule has 0 spiro atoms. The molecule has 4 aromatic heterocycles. The topological polar surface area (TPSA) is 86.9 Å². The Morgan fingerprint density at radius 2 is 1.84 bits per heavy atom. The average Bonchev–Trinajstić information content (AvgIpc) is 3.39. The van der Waals surface area contributed by atoms with Crippen LogP contribution in [0.5, 0.6) is 0 Å². The van der Waals surface area contributed by atoms with Gasteiger partial charge >= 0.3 is 0 Å². The molecule has 1 unspecified atom stereocenters. The zero-order chi connectivity index (χ0) is 21.5. The SMILES string of the molecule is CC(c1ccc(F)cc1)n1cc(-c2ccnc(-c3ccn4nc(N)nc4c3)c2F)cn1. The highest BCUT2D eigenvalue weighted by atomic mass is 19.1. The Morgan fingerprint density at radius 3 is 2.65 bits per heavy atom. The van der Waals surface area contributed by atoms with Crippen LogP contribution in [-0.4, -0.2) is 29.4 Å². The number of rotatable bonds is 4. The zero-order valence-corrected chi connectivity index (χ0v) is 16.4. The number of anilines is 1. The fraction of sp³-hybridized carbons (Fsp3) is 0.0909. The molecule has 0 aliphatic heterocycles. The predicted molar refractivity (Wildman–Crippen MR) is 112 cm³/mol. The summed E-state index contributed by atoms with van der Waals surface area (Å²) in [7, 11) is 0. The number of hydrogen-bond donors (Lipinski definition) is 1. The van der Waals surface area contributed by atoms with Gasteiger partial charge in [-0.05, 0) is 42.8 Å². The lowest BCUT2D eigenvalue weighted by Gasteiger charge is -2.12. The molecule has 7 nitrogen and oxygen atoms in total. The van der Waals surface area contributed by atoms with Gasteiger partial charge in [-0.3, -0.25) is 9.67 Å². The van der Waals surface area contributed by atoms with Gasteiger partial charge in [0, 0.05) is 35.3 Å². The van der Waals surface area contributed by atoms with E-state index in [1.54, 1.807) is 59.8 Å². The summed E-state index contributed by atoms with van der Waals surface area (Å²) in [6.45, 7) is 1.94. The van der Waals surface area contributed by atoms with Crippen molar-refractivity contribution in [1.29, 1.82) is 0 Å². The number of nitrogens with two attached hydrogens (primary N) is 1. The Morgan fingerprint density at radius 1 is 1.03 bits per heavy atom. The third-order valence-corrected chi connectivity index (χ3v) is 5.18. The first-order valence-corrected chi connectivity index (χ1v) is 9.56. The van der Waals surface area contributed by atoms with Crippen LogP contribution in [0.15, 0.2) is 67.3 Å². The van der Waals surface area contributed by atoms with Gasteiger partial charge in [-0.15, -0.1) is 5.10 Å². The fourth-order valence-electron chi connectivity index (χ4n) is 3.50. The Balaban J connectivity index is 1.50. The van der Waals surface area contributed by atoms with Gasteiger partial charge in [0.1, 0.15) is 11.5 Å². The molecule has 31 heavy (non-hydrogen) atoms. The molecule has 0 saturated heterocycles. The van der Waals surface area contributed by atoms with Crippen molar-refractivity contribution in [3.8, 4) is 22.4 Å². The molecule has 0 bridgehead atoms. The third kappa shape index (κ3) is 3.39. The standard InChI is InChI=1S/C22H17F2N7/c1-13(14-2-4-17(23)5-3-14)31-12-16(11-27-31)18-6-8-26-21(20(18)24)15-7-9-30-19(10-15)28-22(25)29-30/h2-13H,1H3,(H2,25,29). The normalized spacial score (nSPS) is 12.4. The number of halogens is 2. The van der Waals surface area contributed by atoms with Gasteiger partial charge in [0.15, 0.2) is 11.5 Å². The Kier molecular flexibility index (Phi) is 4.43. The van der Waals surface area contributed by atoms with Crippen molar-refractivity contribution in [1.82, 2.24) is 29.4 Å². The van der Waals surface area contributed by atoms with E-state index in [0.717, 1.165) is 5.56 Å². The number of nitrogen functional groups attached to an aromatic ring is 1. The molecule has 0 fully saturated rings. The largest absolute Gasteiger partial charge is 0.366 e.